The largest absolute Gasteiger partial charge is 0.324 e. The molecule has 0 aromatic heterocycles. The molecule has 0 aliphatic rings. The highest BCUT2D eigenvalue weighted by Gasteiger charge is 2.17. The van der Waals surface area contributed by atoms with Gasteiger partial charge in [-0.05, 0) is 44.3 Å². The summed E-state index contributed by atoms with van der Waals surface area (Å²) < 4.78 is 0. The van der Waals surface area contributed by atoms with Gasteiger partial charge in [-0.1, -0.05) is 19.1 Å². The quantitative estimate of drug-likeness (QED) is 0.809. The first-order chi connectivity index (χ1) is 10.0. The maximum atomic E-state index is 12.3. The molecule has 0 aliphatic carbocycles. The first-order valence-corrected chi connectivity index (χ1v) is 8.72. The van der Waals surface area contributed by atoms with Gasteiger partial charge in [0.15, 0.2) is 0 Å². The minimum absolute atomic E-state index is 0.0506. The van der Waals surface area contributed by atoms with Crippen molar-refractivity contribution in [2.24, 2.45) is 0 Å². The van der Waals surface area contributed by atoms with Gasteiger partial charge in [0.05, 0.1) is 0 Å². The summed E-state index contributed by atoms with van der Waals surface area (Å²) >= 11 is 1.77. The summed E-state index contributed by atoms with van der Waals surface area (Å²) in [4.78, 5) is 14.0. The highest BCUT2D eigenvalue weighted by molar-refractivity contribution is 7.98. The van der Waals surface area contributed by atoms with Crippen LogP contribution in [0.3, 0.4) is 0 Å². The van der Waals surface area contributed by atoms with Crippen LogP contribution in [0.5, 0.6) is 0 Å². The topological polar surface area (TPSA) is 44.4 Å². The van der Waals surface area contributed by atoms with Gasteiger partial charge in [0.2, 0.25) is 0 Å². The van der Waals surface area contributed by atoms with Gasteiger partial charge in [0, 0.05) is 30.6 Å². The van der Waals surface area contributed by atoms with Crippen LogP contribution in [0.25, 0.3) is 0 Å². The standard InChI is InChI=1S/C16H27N3OS/c1-6-15(11-21-5)19(4)16(20)18-14-9-7-13(8-10-14)12(2)17-3/h7-10,12,15,17H,6,11H2,1-5H3,(H,18,20). The summed E-state index contributed by atoms with van der Waals surface area (Å²) in [5, 5.41) is 6.15. The zero-order valence-electron chi connectivity index (χ0n) is 13.6. The van der Waals surface area contributed by atoms with Crippen molar-refractivity contribution >= 4 is 23.5 Å². The van der Waals surface area contributed by atoms with Gasteiger partial charge in [-0.3, -0.25) is 0 Å². The lowest BCUT2D eigenvalue weighted by atomic mass is 10.1. The molecule has 118 valence electrons. The third-order valence-corrected chi connectivity index (χ3v) is 4.51. The lowest BCUT2D eigenvalue weighted by molar-refractivity contribution is 0.207. The van der Waals surface area contributed by atoms with E-state index in [0.717, 1.165) is 17.9 Å². The zero-order valence-corrected chi connectivity index (χ0v) is 14.5. The van der Waals surface area contributed by atoms with Gasteiger partial charge >= 0.3 is 6.03 Å². The monoisotopic (exact) mass is 309 g/mol. The highest BCUT2D eigenvalue weighted by atomic mass is 32.2. The van der Waals surface area contributed by atoms with Gasteiger partial charge in [0.25, 0.3) is 0 Å². The average Bonchev–Trinajstić information content (AvgIpc) is 2.51. The van der Waals surface area contributed by atoms with Crippen LogP contribution in [0.15, 0.2) is 24.3 Å². The van der Waals surface area contributed by atoms with Gasteiger partial charge in [-0.2, -0.15) is 11.8 Å². The number of thioether (sulfide) groups is 1. The molecule has 0 aliphatic heterocycles. The molecule has 0 radical (unpaired) electrons. The Kier molecular flexibility index (Phi) is 7.61. The SMILES string of the molecule is CCC(CSC)N(C)C(=O)Nc1ccc(C(C)NC)cc1. The Morgan fingerprint density at radius 2 is 1.95 bits per heavy atom. The highest BCUT2D eigenvalue weighted by Crippen LogP contribution is 2.16. The first-order valence-electron chi connectivity index (χ1n) is 7.33. The summed E-state index contributed by atoms with van der Waals surface area (Å²) in [6.45, 7) is 4.22. The van der Waals surface area contributed by atoms with Crippen molar-refractivity contribution in [3.63, 3.8) is 0 Å². The van der Waals surface area contributed by atoms with Crippen LogP contribution in [0, 0.1) is 0 Å². The molecule has 0 bridgehead atoms. The van der Waals surface area contributed by atoms with E-state index in [9.17, 15) is 4.79 Å². The second-order valence-corrected chi connectivity index (χ2v) is 6.10. The van der Waals surface area contributed by atoms with E-state index < -0.39 is 0 Å². The molecular formula is C16H27N3OS. The molecule has 5 heteroatoms. The normalized spacial score (nSPS) is 13.6. The molecule has 2 atom stereocenters. The Hall–Kier alpha value is -1.20. The van der Waals surface area contributed by atoms with Crippen LogP contribution in [-0.2, 0) is 0 Å². The molecule has 1 aromatic carbocycles. The van der Waals surface area contributed by atoms with E-state index in [4.69, 9.17) is 0 Å². The Morgan fingerprint density at radius 1 is 1.33 bits per heavy atom. The van der Waals surface area contributed by atoms with Gasteiger partial charge in [-0.15, -0.1) is 0 Å². The van der Waals surface area contributed by atoms with Crippen LogP contribution in [0.4, 0.5) is 10.5 Å². The lowest BCUT2D eigenvalue weighted by Gasteiger charge is -2.27. The summed E-state index contributed by atoms with van der Waals surface area (Å²) in [7, 11) is 3.79. The third-order valence-electron chi connectivity index (χ3n) is 3.79. The van der Waals surface area contributed by atoms with Crippen LogP contribution in [-0.4, -0.2) is 43.1 Å². The van der Waals surface area contributed by atoms with Crippen molar-refractivity contribution in [1.82, 2.24) is 10.2 Å². The molecule has 21 heavy (non-hydrogen) atoms. The Labute approximate surface area is 132 Å². The maximum Gasteiger partial charge on any atom is 0.321 e. The summed E-state index contributed by atoms with van der Waals surface area (Å²) in [5.41, 5.74) is 2.04. The van der Waals surface area contributed by atoms with Crippen molar-refractivity contribution in [3.05, 3.63) is 29.8 Å². The number of carbonyl (C=O) groups excluding carboxylic acids is 1. The second kappa shape index (κ2) is 8.95. The Bertz CT molecular complexity index is 436. The van der Waals surface area contributed by atoms with E-state index >= 15 is 0 Å². The van der Waals surface area contributed by atoms with Gasteiger partial charge < -0.3 is 15.5 Å². The number of hydrogen-bond donors (Lipinski definition) is 2. The second-order valence-electron chi connectivity index (χ2n) is 5.19. The van der Waals surface area contributed by atoms with Crippen molar-refractivity contribution < 1.29 is 4.79 Å². The molecule has 1 rings (SSSR count). The molecule has 2 N–H and O–H groups in total. The van der Waals surface area contributed by atoms with E-state index in [1.807, 2.05) is 38.4 Å². The van der Waals surface area contributed by atoms with Crippen molar-refractivity contribution in [1.29, 1.82) is 0 Å². The Balaban J connectivity index is 2.65. The molecule has 2 unspecified atom stereocenters. The Morgan fingerprint density at radius 3 is 2.43 bits per heavy atom. The van der Waals surface area contributed by atoms with Gasteiger partial charge in [-0.25, -0.2) is 4.79 Å². The molecule has 0 fully saturated rings. The molecule has 0 saturated carbocycles. The number of benzene rings is 1. The molecule has 2 amide bonds. The van der Waals surface area contributed by atoms with E-state index in [2.05, 4.69) is 30.7 Å². The molecule has 0 saturated heterocycles. The smallest absolute Gasteiger partial charge is 0.321 e. The lowest BCUT2D eigenvalue weighted by Crippen LogP contribution is -2.41. The number of urea groups is 1. The molecule has 0 heterocycles. The molecule has 1 aromatic rings. The molecular weight excluding hydrogens is 282 g/mol. The van der Waals surface area contributed by atoms with Crippen LogP contribution >= 0.6 is 11.8 Å². The predicted octanol–water partition coefficient (Wildman–Crippen LogP) is 3.57. The maximum absolute atomic E-state index is 12.3. The minimum Gasteiger partial charge on any atom is -0.324 e. The van der Waals surface area contributed by atoms with E-state index in [1.165, 1.54) is 5.56 Å². The van der Waals surface area contributed by atoms with Crippen molar-refractivity contribution in [3.8, 4) is 0 Å². The van der Waals surface area contributed by atoms with E-state index in [0.29, 0.717) is 6.04 Å². The van der Waals surface area contributed by atoms with Gasteiger partial charge in [0.1, 0.15) is 0 Å². The van der Waals surface area contributed by atoms with Crippen LogP contribution in [0.1, 0.15) is 31.9 Å². The molecule has 0 spiro atoms. The minimum atomic E-state index is -0.0506. The van der Waals surface area contributed by atoms with E-state index in [-0.39, 0.29) is 12.1 Å². The predicted molar refractivity (Wildman–Crippen MR) is 93.2 cm³/mol. The zero-order chi connectivity index (χ0) is 15.8. The number of rotatable bonds is 7. The van der Waals surface area contributed by atoms with Crippen molar-refractivity contribution in [2.45, 2.75) is 32.4 Å². The average molecular weight is 309 g/mol. The number of anilines is 1. The number of hydrogen-bond acceptors (Lipinski definition) is 3. The fourth-order valence-electron chi connectivity index (χ4n) is 2.10. The summed E-state index contributed by atoms with van der Waals surface area (Å²) in [6, 6.07) is 8.50. The first kappa shape index (κ1) is 17.9. The van der Waals surface area contributed by atoms with Crippen LogP contribution in [0.2, 0.25) is 0 Å². The summed E-state index contributed by atoms with van der Waals surface area (Å²) in [6.07, 6.45) is 3.03. The van der Waals surface area contributed by atoms with E-state index in [1.54, 1.807) is 16.7 Å². The number of amides is 2. The number of nitrogens with one attached hydrogen (secondary N) is 2. The molecule has 4 nitrogen and oxygen atoms in total. The van der Waals surface area contributed by atoms with Crippen LogP contribution < -0.4 is 10.6 Å². The summed E-state index contributed by atoms with van der Waals surface area (Å²) in [5.74, 6) is 0.957. The number of carbonyl (C=O) groups is 1. The fraction of sp³-hybridized carbons (Fsp3) is 0.562. The van der Waals surface area contributed by atoms with Crippen molar-refractivity contribution in [2.75, 3.05) is 31.4 Å². The third kappa shape index (κ3) is 5.25. The number of nitrogens with zero attached hydrogens (tertiary/aromatic N) is 1. The fourth-order valence-corrected chi connectivity index (χ4v) is 2.94.